The van der Waals surface area contributed by atoms with E-state index in [1.54, 1.807) is 12.1 Å². The van der Waals surface area contributed by atoms with Crippen molar-refractivity contribution in [2.24, 2.45) is 11.7 Å². The van der Waals surface area contributed by atoms with Crippen LogP contribution in [0.15, 0.2) is 23.1 Å². The van der Waals surface area contributed by atoms with E-state index >= 15 is 0 Å². The molecule has 0 radical (unpaired) electrons. The molecule has 2 atom stereocenters. The monoisotopic (exact) mass is 318 g/mol. The maximum absolute atomic E-state index is 12.3. The third-order valence-electron chi connectivity index (χ3n) is 3.59. The van der Waals surface area contributed by atoms with E-state index in [0.717, 1.165) is 12.0 Å². The highest BCUT2D eigenvalue weighted by molar-refractivity contribution is 7.89. The summed E-state index contributed by atoms with van der Waals surface area (Å²) in [5.74, 6) is 0.196. The normalized spacial score (nSPS) is 23.1. The molecule has 0 amide bonds. The van der Waals surface area contributed by atoms with E-state index in [-0.39, 0.29) is 28.5 Å². The highest BCUT2D eigenvalue weighted by Crippen LogP contribution is 2.24. The molecule has 2 unspecified atom stereocenters. The van der Waals surface area contributed by atoms with Crippen LogP contribution in [-0.4, -0.2) is 27.7 Å². The topological polar surface area (TPSA) is 81.4 Å². The van der Waals surface area contributed by atoms with E-state index in [4.69, 9.17) is 22.1 Å². The fourth-order valence-corrected chi connectivity index (χ4v) is 3.86. The molecule has 1 heterocycles. The van der Waals surface area contributed by atoms with Crippen LogP contribution in [0.25, 0.3) is 0 Å². The summed E-state index contributed by atoms with van der Waals surface area (Å²) in [6.07, 6.45) is 0.934. The van der Waals surface area contributed by atoms with E-state index in [1.807, 2.05) is 6.92 Å². The maximum atomic E-state index is 12.3. The summed E-state index contributed by atoms with van der Waals surface area (Å²) in [5, 5.41) is 0.199. The molecular weight excluding hydrogens is 300 g/mol. The summed E-state index contributed by atoms with van der Waals surface area (Å²) < 4.78 is 32.6. The van der Waals surface area contributed by atoms with Crippen LogP contribution >= 0.6 is 11.6 Å². The minimum Gasteiger partial charge on any atom is -0.378 e. The molecule has 0 aliphatic carbocycles. The second kappa shape index (κ2) is 6.41. The first-order valence-electron chi connectivity index (χ1n) is 6.54. The second-order valence-electron chi connectivity index (χ2n) is 4.95. The molecule has 3 N–H and O–H groups in total. The van der Waals surface area contributed by atoms with Crippen LogP contribution < -0.4 is 10.5 Å². The van der Waals surface area contributed by atoms with Crippen molar-refractivity contribution in [1.29, 1.82) is 0 Å². The first-order chi connectivity index (χ1) is 9.44. The van der Waals surface area contributed by atoms with Gasteiger partial charge in [0.15, 0.2) is 0 Å². The Morgan fingerprint density at radius 2 is 2.25 bits per heavy atom. The van der Waals surface area contributed by atoms with Crippen LogP contribution in [0.3, 0.4) is 0 Å². The van der Waals surface area contributed by atoms with Gasteiger partial charge < -0.3 is 10.5 Å². The summed E-state index contributed by atoms with van der Waals surface area (Å²) in [4.78, 5) is 0.0775. The number of benzene rings is 1. The molecule has 7 heteroatoms. The van der Waals surface area contributed by atoms with Crippen molar-refractivity contribution in [2.45, 2.75) is 30.9 Å². The van der Waals surface area contributed by atoms with E-state index < -0.39 is 10.0 Å². The third kappa shape index (κ3) is 3.51. The summed E-state index contributed by atoms with van der Waals surface area (Å²) in [6, 6.07) is 4.78. The number of rotatable bonds is 5. The Kier molecular flexibility index (Phi) is 5.04. The lowest BCUT2D eigenvalue weighted by Crippen LogP contribution is -2.32. The molecule has 1 aromatic carbocycles. The summed E-state index contributed by atoms with van der Waals surface area (Å²) in [7, 11) is -3.63. The lowest BCUT2D eigenvalue weighted by molar-refractivity contribution is 0.107. The van der Waals surface area contributed by atoms with Crippen molar-refractivity contribution in [3.05, 3.63) is 28.8 Å². The highest BCUT2D eigenvalue weighted by Gasteiger charge is 2.27. The van der Waals surface area contributed by atoms with Crippen LogP contribution in [-0.2, 0) is 21.3 Å². The van der Waals surface area contributed by atoms with E-state index in [2.05, 4.69) is 4.72 Å². The molecule has 1 aliphatic heterocycles. The van der Waals surface area contributed by atoms with Gasteiger partial charge in [0.1, 0.15) is 4.90 Å². The molecule has 112 valence electrons. The van der Waals surface area contributed by atoms with Gasteiger partial charge in [-0.3, -0.25) is 0 Å². The maximum Gasteiger partial charge on any atom is 0.242 e. The number of sulfonamides is 1. The zero-order chi connectivity index (χ0) is 14.8. The fourth-order valence-electron chi connectivity index (χ4n) is 2.22. The lowest BCUT2D eigenvalue weighted by atomic mass is 10.0. The molecule has 1 aromatic rings. The van der Waals surface area contributed by atoms with Gasteiger partial charge in [-0.1, -0.05) is 17.7 Å². The van der Waals surface area contributed by atoms with Crippen molar-refractivity contribution < 1.29 is 13.2 Å². The Bertz CT molecular complexity index is 577. The average Bonchev–Trinajstić information content (AvgIpc) is 2.82. The predicted octanol–water partition coefficient (Wildman–Crippen LogP) is 1.50. The van der Waals surface area contributed by atoms with Gasteiger partial charge in [-0.2, -0.15) is 0 Å². The average molecular weight is 319 g/mol. The van der Waals surface area contributed by atoms with Gasteiger partial charge in [0.2, 0.25) is 10.0 Å². The van der Waals surface area contributed by atoms with Crippen LogP contribution in [0.4, 0.5) is 0 Å². The number of nitrogens with one attached hydrogen (secondary N) is 1. The Balaban J connectivity index is 2.13. The largest absolute Gasteiger partial charge is 0.378 e. The summed E-state index contributed by atoms with van der Waals surface area (Å²) in [6.45, 7) is 3.25. The van der Waals surface area contributed by atoms with Gasteiger partial charge in [0, 0.05) is 25.6 Å². The molecule has 0 saturated carbocycles. The molecule has 0 spiro atoms. The van der Waals surface area contributed by atoms with Crippen LogP contribution in [0.2, 0.25) is 5.02 Å². The van der Waals surface area contributed by atoms with Crippen LogP contribution in [0.1, 0.15) is 18.9 Å². The third-order valence-corrected chi connectivity index (χ3v) is 5.49. The standard InChI is InChI=1S/C13H19ClN2O3S/c1-9-11(4-5-19-9)8-16-20(17,18)13-6-10(7-15)2-3-12(13)14/h2-3,6,9,11,16H,4-5,7-8,15H2,1H3. The van der Waals surface area contributed by atoms with E-state index in [9.17, 15) is 8.42 Å². The van der Waals surface area contributed by atoms with Crippen molar-refractivity contribution in [1.82, 2.24) is 4.72 Å². The van der Waals surface area contributed by atoms with E-state index in [1.165, 1.54) is 6.07 Å². The van der Waals surface area contributed by atoms with Crippen molar-refractivity contribution in [2.75, 3.05) is 13.2 Å². The van der Waals surface area contributed by atoms with Crippen molar-refractivity contribution >= 4 is 21.6 Å². The Morgan fingerprint density at radius 3 is 2.85 bits per heavy atom. The zero-order valence-electron chi connectivity index (χ0n) is 11.3. The predicted molar refractivity (Wildman–Crippen MR) is 78.1 cm³/mol. The van der Waals surface area contributed by atoms with Gasteiger partial charge in [-0.05, 0) is 31.0 Å². The Morgan fingerprint density at radius 1 is 1.50 bits per heavy atom. The first-order valence-corrected chi connectivity index (χ1v) is 8.40. The zero-order valence-corrected chi connectivity index (χ0v) is 12.9. The molecule has 1 fully saturated rings. The lowest BCUT2D eigenvalue weighted by Gasteiger charge is -2.15. The number of hydrogen-bond acceptors (Lipinski definition) is 4. The molecule has 2 rings (SSSR count). The SMILES string of the molecule is CC1OCCC1CNS(=O)(=O)c1cc(CN)ccc1Cl. The number of ether oxygens (including phenoxy) is 1. The van der Waals surface area contributed by atoms with E-state index in [0.29, 0.717) is 13.2 Å². The molecule has 1 saturated heterocycles. The fraction of sp³-hybridized carbons (Fsp3) is 0.538. The molecule has 0 aromatic heterocycles. The molecule has 1 aliphatic rings. The highest BCUT2D eigenvalue weighted by atomic mass is 35.5. The Labute approximate surface area is 124 Å². The molecule has 0 bridgehead atoms. The van der Waals surface area contributed by atoms with Gasteiger partial charge in [0.25, 0.3) is 0 Å². The Hall–Kier alpha value is -0.660. The molecule has 20 heavy (non-hydrogen) atoms. The summed E-state index contributed by atoms with van der Waals surface area (Å²) in [5.41, 5.74) is 6.26. The molecular formula is C13H19ClN2O3S. The van der Waals surface area contributed by atoms with Gasteiger partial charge in [0.05, 0.1) is 11.1 Å². The quantitative estimate of drug-likeness (QED) is 0.862. The smallest absolute Gasteiger partial charge is 0.242 e. The summed E-state index contributed by atoms with van der Waals surface area (Å²) >= 11 is 5.98. The van der Waals surface area contributed by atoms with Crippen LogP contribution in [0, 0.1) is 5.92 Å². The van der Waals surface area contributed by atoms with Crippen molar-refractivity contribution in [3.63, 3.8) is 0 Å². The van der Waals surface area contributed by atoms with Gasteiger partial charge in [-0.25, -0.2) is 13.1 Å². The molecule has 5 nitrogen and oxygen atoms in total. The number of nitrogens with two attached hydrogens (primary N) is 1. The second-order valence-corrected chi connectivity index (χ2v) is 7.09. The minimum atomic E-state index is -3.63. The number of hydrogen-bond donors (Lipinski definition) is 2. The van der Waals surface area contributed by atoms with Crippen molar-refractivity contribution in [3.8, 4) is 0 Å². The van der Waals surface area contributed by atoms with Gasteiger partial charge >= 0.3 is 0 Å². The van der Waals surface area contributed by atoms with Crippen LogP contribution in [0.5, 0.6) is 0 Å². The van der Waals surface area contributed by atoms with Gasteiger partial charge in [-0.15, -0.1) is 0 Å². The minimum absolute atomic E-state index is 0.0727. The first kappa shape index (κ1) is 15.7. The number of halogens is 1.